The van der Waals surface area contributed by atoms with Gasteiger partial charge < -0.3 is 19.4 Å². The number of rotatable bonds is 4. The number of aromatic amines is 1. The molecule has 0 bridgehead atoms. The van der Waals surface area contributed by atoms with Gasteiger partial charge >= 0.3 is 0 Å². The molecule has 1 aliphatic heterocycles. The Labute approximate surface area is 196 Å². The van der Waals surface area contributed by atoms with E-state index in [1.54, 1.807) is 7.11 Å². The van der Waals surface area contributed by atoms with Gasteiger partial charge in [0, 0.05) is 23.0 Å². The maximum absolute atomic E-state index is 11.4. The topological polar surface area (TPSA) is 55.1 Å². The quantitative estimate of drug-likeness (QED) is 0.332. The third-order valence-corrected chi connectivity index (χ3v) is 6.97. The second kappa shape index (κ2) is 7.67. The Morgan fingerprint density at radius 3 is 2.64 bits per heavy atom. The molecule has 1 aliphatic rings. The van der Waals surface area contributed by atoms with Crippen LogP contribution in [0.5, 0.6) is 11.6 Å². The smallest absolute Gasteiger partial charge is 0.214 e. The molecule has 0 amide bonds. The van der Waals surface area contributed by atoms with E-state index in [9.17, 15) is 5.11 Å². The summed E-state index contributed by atoms with van der Waals surface area (Å²) in [6.45, 7) is 0.519. The van der Waals surface area contributed by atoms with Crippen molar-refractivity contribution < 1.29 is 9.84 Å². The molecule has 6 heteroatoms. The summed E-state index contributed by atoms with van der Waals surface area (Å²) in [5.41, 5.74) is 6.36. The Bertz CT molecular complexity index is 1550. The molecule has 3 aromatic carbocycles. The van der Waals surface area contributed by atoms with Crippen LogP contribution in [0.4, 0.5) is 0 Å². The van der Waals surface area contributed by atoms with Crippen LogP contribution in [0.3, 0.4) is 0 Å². The number of aromatic nitrogens is 3. The van der Waals surface area contributed by atoms with Crippen LogP contribution >= 0.6 is 12.2 Å². The number of fused-ring (bicyclic) bond motifs is 4. The van der Waals surface area contributed by atoms with E-state index in [1.165, 1.54) is 10.9 Å². The van der Waals surface area contributed by atoms with Crippen molar-refractivity contribution in [1.29, 1.82) is 0 Å². The van der Waals surface area contributed by atoms with Gasteiger partial charge in [-0.25, -0.2) is 0 Å². The number of hydrogen-bond donors (Lipinski definition) is 2. The summed E-state index contributed by atoms with van der Waals surface area (Å²) in [5.74, 6) is 1.02. The zero-order chi connectivity index (χ0) is 22.5. The fourth-order valence-corrected chi connectivity index (χ4v) is 5.37. The Morgan fingerprint density at radius 2 is 1.82 bits per heavy atom. The third-order valence-electron chi connectivity index (χ3n) is 6.56. The van der Waals surface area contributed by atoms with Crippen LogP contribution in [-0.2, 0) is 13.0 Å². The number of methoxy groups -OCH3 is 1. The summed E-state index contributed by atoms with van der Waals surface area (Å²) in [6.07, 6.45) is 0.608. The number of para-hydroxylation sites is 1. The zero-order valence-corrected chi connectivity index (χ0v) is 19.0. The fraction of sp³-hybridized carbons (Fsp3) is 0.148. The summed E-state index contributed by atoms with van der Waals surface area (Å²) in [7, 11) is 1.67. The summed E-state index contributed by atoms with van der Waals surface area (Å²) in [6, 6.07) is 26.3. The average Bonchev–Trinajstić information content (AvgIpc) is 3.34. The first-order valence-corrected chi connectivity index (χ1v) is 11.4. The van der Waals surface area contributed by atoms with Crippen LogP contribution in [0.25, 0.3) is 10.9 Å². The van der Waals surface area contributed by atoms with E-state index in [0.717, 1.165) is 33.8 Å². The van der Waals surface area contributed by atoms with Crippen molar-refractivity contribution in [3.05, 3.63) is 112 Å². The van der Waals surface area contributed by atoms with Gasteiger partial charge in [-0.3, -0.25) is 4.57 Å². The Hall–Kier alpha value is -3.77. The van der Waals surface area contributed by atoms with Crippen LogP contribution in [0.15, 0.2) is 78.9 Å². The lowest BCUT2D eigenvalue weighted by atomic mass is 9.93. The summed E-state index contributed by atoms with van der Waals surface area (Å²) in [5, 5.41) is 12.5. The molecule has 0 radical (unpaired) electrons. The molecule has 2 N–H and O–H groups in total. The molecule has 5 nitrogen and oxygen atoms in total. The van der Waals surface area contributed by atoms with Gasteiger partial charge in [-0.15, -0.1) is 0 Å². The van der Waals surface area contributed by atoms with Gasteiger partial charge in [0.25, 0.3) is 0 Å². The average molecular weight is 454 g/mol. The molecule has 0 spiro atoms. The first kappa shape index (κ1) is 19.9. The van der Waals surface area contributed by atoms with E-state index in [2.05, 4.69) is 33.8 Å². The molecule has 0 aliphatic carbocycles. The summed E-state index contributed by atoms with van der Waals surface area (Å²) < 4.78 is 10.1. The van der Waals surface area contributed by atoms with Crippen LogP contribution < -0.4 is 4.74 Å². The van der Waals surface area contributed by atoms with Gasteiger partial charge in [0.15, 0.2) is 4.77 Å². The van der Waals surface area contributed by atoms with Gasteiger partial charge in [-0.1, -0.05) is 60.7 Å². The Balaban J connectivity index is 1.60. The number of aromatic hydroxyl groups is 1. The lowest BCUT2D eigenvalue weighted by molar-refractivity contribution is 0.413. The molecule has 164 valence electrons. The van der Waals surface area contributed by atoms with E-state index in [-0.39, 0.29) is 11.9 Å². The standard InChI is InChI=1S/C27H23N3O2S/c1-32-19-11-7-10-18(14-19)25-24-21(20-12-5-6-13-22(20)28-24)15-23-26(31)29(27(33)30(23)25)16-17-8-3-2-4-9-17/h2-14,25,28,31H,15-16H2,1H3. The molecular formula is C27H23N3O2S. The largest absolute Gasteiger partial charge is 0.497 e. The van der Waals surface area contributed by atoms with Crippen molar-refractivity contribution in [2.45, 2.75) is 19.0 Å². The maximum Gasteiger partial charge on any atom is 0.214 e. The minimum absolute atomic E-state index is 0.193. The second-order valence-electron chi connectivity index (χ2n) is 8.41. The molecular weight excluding hydrogens is 430 g/mol. The van der Waals surface area contributed by atoms with Crippen molar-refractivity contribution in [3.8, 4) is 11.6 Å². The third kappa shape index (κ3) is 3.09. The molecule has 0 fully saturated rings. The highest BCUT2D eigenvalue weighted by Crippen LogP contribution is 2.43. The van der Waals surface area contributed by atoms with Crippen molar-refractivity contribution in [1.82, 2.24) is 14.1 Å². The van der Waals surface area contributed by atoms with Gasteiger partial charge in [0.1, 0.15) is 11.8 Å². The predicted molar refractivity (Wildman–Crippen MR) is 132 cm³/mol. The number of nitrogens with zero attached hydrogens (tertiary/aromatic N) is 2. The molecule has 1 atom stereocenters. The number of imidazole rings is 1. The number of hydrogen-bond acceptors (Lipinski definition) is 3. The maximum atomic E-state index is 11.4. The van der Waals surface area contributed by atoms with Crippen LogP contribution in [0, 0.1) is 4.77 Å². The molecule has 33 heavy (non-hydrogen) atoms. The van der Waals surface area contributed by atoms with Crippen molar-refractivity contribution in [3.63, 3.8) is 0 Å². The van der Waals surface area contributed by atoms with Gasteiger partial charge in [0.2, 0.25) is 5.88 Å². The fourth-order valence-electron chi connectivity index (χ4n) is 5.01. The second-order valence-corrected chi connectivity index (χ2v) is 8.78. The zero-order valence-electron chi connectivity index (χ0n) is 18.2. The Kier molecular flexibility index (Phi) is 4.62. The highest BCUT2D eigenvalue weighted by atomic mass is 32.1. The molecule has 6 rings (SSSR count). The molecule has 1 unspecified atom stereocenters. The van der Waals surface area contributed by atoms with Crippen LogP contribution in [-0.4, -0.2) is 26.3 Å². The monoisotopic (exact) mass is 453 g/mol. The van der Waals surface area contributed by atoms with Crippen LogP contribution in [0.2, 0.25) is 0 Å². The van der Waals surface area contributed by atoms with E-state index in [1.807, 2.05) is 59.2 Å². The Morgan fingerprint density at radius 1 is 1.03 bits per heavy atom. The summed E-state index contributed by atoms with van der Waals surface area (Å²) in [4.78, 5) is 3.65. The minimum atomic E-state index is -0.193. The number of ether oxygens (including phenoxy) is 1. The SMILES string of the molecule is COc1cccc(C2c3[nH]c4ccccc4c3Cc3c(O)n(Cc4ccccc4)c(=S)n32)c1. The minimum Gasteiger partial charge on any atom is -0.497 e. The normalized spacial score (nSPS) is 14.8. The number of benzene rings is 3. The van der Waals surface area contributed by atoms with E-state index >= 15 is 0 Å². The van der Waals surface area contributed by atoms with E-state index < -0.39 is 0 Å². The highest BCUT2D eigenvalue weighted by molar-refractivity contribution is 7.71. The van der Waals surface area contributed by atoms with Gasteiger partial charge in [-0.2, -0.15) is 0 Å². The molecule has 0 saturated carbocycles. The van der Waals surface area contributed by atoms with Crippen molar-refractivity contribution in [2.75, 3.05) is 7.11 Å². The molecule has 5 aromatic rings. The van der Waals surface area contributed by atoms with Gasteiger partial charge in [-0.05, 0) is 47.1 Å². The van der Waals surface area contributed by atoms with Gasteiger partial charge in [0.05, 0.1) is 19.3 Å². The van der Waals surface area contributed by atoms with Crippen molar-refractivity contribution >= 4 is 23.1 Å². The molecule has 2 aromatic heterocycles. The number of nitrogens with one attached hydrogen (secondary N) is 1. The summed E-state index contributed by atoms with van der Waals surface area (Å²) >= 11 is 5.97. The lowest BCUT2D eigenvalue weighted by Crippen LogP contribution is -2.22. The first-order valence-electron chi connectivity index (χ1n) is 11.0. The molecule has 3 heterocycles. The predicted octanol–water partition coefficient (Wildman–Crippen LogP) is 5.80. The highest BCUT2D eigenvalue weighted by Gasteiger charge is 2.34. The first-order chi connectivity index (χ1) is 16.2. The molecule has 0 saturated heterocycles. The van der Waals surface area contributed by atoms with Crippen LogP contribution in [0.1, 0.15) is 34.1 Å². The van der Waals surface area contributed by atoms with E-state index in [0.29, 0.717) is 17.7 Å². The number of H-pyrrole nitrogens is 1. The van der Waals surface area contributed by atoms with E-state index in [4.69, 9.17) is 17.0 Å². The lowest BCUT2D eigenvalue weighted by Gasteiger charge is -2.27. The van der Waals surface area contributed by atoms with Crippen molar-refractivity contribution in [2.24, 2.45) is 0 Å².